The summed E-state index contributed by atoms with van der Waals surface area (Å²) >= 11 is 0. The van der Waals surface area contributed by atoms with Gasteiger partial charge in [-0.2, -0.15) is 0 Å². The van der Waals surface area contributed by atoms with Crippen LogP contribution in [0.3, 0.4) is 0 Å². The maximum Gasteiger partial charge on any atom is 0.256 e. The van der Waals surface area contributed by atoms with Crippen LogP contribution in [0.2, 0.25) is 0 Å². The lowest BCUT2D eigenvalue weighted by Gasteiger charge is -2.39. The number of carbonyl (C=O) groups excluding carboxylic acids is 1. The first-order valence-corrected chi connectivity index (χ1v) is 7.43. The monoisotopic (exact) mass is 284 g/mol. The van der Waals surface area contributed by atoms with Crippen molar-refractivity contribution in [2.75, 3.05) is 13.1 Å². The molecule has 0 spiro atoms. The molecule has 1 aromatic heterocycles. The van der Waals surface area contributed by atoms with Crippen molar-refractivity contribution < 1.29 is 4.79 Å². The summed E-state index contributed by atoms with van der Waals surface area (Å²) in [5.41, 5.74) is 7.92. The molecule has 2 atom stereocenters. The van der Waals surface area contributed by atoms with Crippen molar-refractivity contribution in [3.05, 3.63) is 36.2 Å². The highest BCUT2D eigenvalue weighted by Gasteiger charge is 2.32. The van der Waals surface area contributed by atoms with Crippen LogP contribution >= 0.6 is 0 Å². The van der Waals surface area contributed by atoms with Gasteiger partial charge in [-0.15, -0.1) is 0 Å². The van der Waals surface area contributed by atoms with Crippen LogP contribution in [0, 0.1) is 5.92 Å². The van der Waals surface area contributed by atoms with E-state index in [0.717, 1.165) is 24.9 Å². The van der Waals surface area contributed by atoms with E-state index in [9.17, 15) is 4.79 Å². The minimum atomic E-state index is 0.0168. The van der Waals surface area contributed by atoms with Crippen LogP contribution in [0.5, 0.6) is 0 Å². The molecule has 5 nitrogen and oxygen atoms in total. The fourth-order valence-electron chi connectivity index (χ4n) is 3.18. The Morgan fingerprint density at radius 2 is 2.19 bits per heavy atom. The average Bonchev–Trinajstić information content (AvgIpc) is 2.53. The molecule has 1 aliphatic rings. The largest absolute Gasteiger partial charge is 0.334 e. The second kappa shape index (κ2) is 5.77. The van der Waals surface area contributed by atoms with Gasteiger partial charge in [0.1, 0.15) is 5.52 Å². The number of likely N-dealkylation sites (tertiary alicyclic amines) is 1. The summed E-state index contributed by atoms with van der Waals surface area (Å²) < 4.78 is 0. The Morgan fingerprint density at radius 1 is 1.38 bits per heavy atom. The molecule has 2 heterocycles. The van der Waals surface area contributed by atoms with Gasteiger partial charge in [0.25, 0.3) is 5.91 Å². The smallest absolute Gasteiger partial charge is 0.256 e. The minimum Gasteiger partial charge on any atom is -0.334 e. The summed E-state index contributed by atoms with van der Waals surface area (Å²) in [4.78, 5) is 23.4. The average molecular weight is 284 g/mol. The van der Waals surface area contributed by atoms with Crippen LogP contribution in [0.15, 0.2) is 30.6 Å². The molecule has 3 rings (SSSR count). The van der Waals surface area contributed by atoms with E-state index in [1.54, 1.807) is 12.4 Å². The molecule has 1 aromatic carbocycles. The van der Waals surface area contributed by atoms with Gasteiger partial charge in [0.05, 0.1) is 11.1 Å². The Labute approximate surface area is 124 Å². The number of benzene rings is 1. The Morgan fingerprint density at radius 3 is 3.00 bits per heavy atom. The van der Waals surface area contributed by atoms with E-state index in [2.05, 4.69) is 16.9 Å². The summed E-state index contributed by atoms with van der Waals surface area (Å²) in [6.45, 7) is 3.44. The lowest BCUT2D eigenvalue weighted by molar-refractivity contribution is 0.0534. The molecule has 0 saturated carbocycles. The lowest BCUT2D eigenvalue weighted by atomic mass is 9.90. The molecule has 0 radical (unpaired) electrons. The quantitative estimate of drug-likeness (QED) is 0.913. The Kier molecular flexibility index (Phi) is 3.84. The lowest BCUT2D eigenvalue weighted by Crippen LogP contribution is -2.51. The van der Waals surface area contributed by atoms with Crippen LogP contribution in [0.1, 0.15) is 30.1 Å². The topological polar surface area (TPSA) is 72.1 Å². The normalized spacial score (nSPS) is 22.5. The molecule has 21 heavy (non-hydrogen) atoms. The van der Waals surface area contributed by atoms with Gasteiger partial charge in [-0.25, -0.2) is 0 Å². The predicted molar refractivity (Wildman–Crippen MR) is 81.8 cm³/mol. The molecule has 1 amide bonds. The predicted octanol–water partition coefficient (Wildman–Crippen LogP) is 1.83. The first-order chi connectivity index (χ1) is 10.2. The second-order valence-corrected chi connectivity index (χ2v) is 5.65. The Hall–Kier alpha value is -2.01. The third-order valence-corrected chi connectivity index (χ3v) is 4.35. The fraction of sp³-hybridized carbons (Fsp3) is 0.438. The molecular weight excluding hydrogens is 264 g/mol. The highest BCUT2D eigenvalue weighted by molar-refractivity contribution is 6.04. The number of fused-ring (bicyclic) bond motifs is 1. The first-order valence-electron chi connectivity index (χ1n) is 7.43. The Balaban J connectivity index is 2.00. The van der Waals surface area contributed by atoms with Gasteiger partial charge in [0, 0.05) is 31.5 Å². The van der Waals surface area contributed by atoms with Crippen molar-refractivity contribution >= 4 is 16.9 Å². The molecule has 110 valence electrons. The summed E-state index contributed by atoms with van der Waals surface area (Å²) in [6.07, 6.45) is 5.42. The van der Waals surface area contributed by atoms with E-state index in [-0.39, 0.29) is 11.9 Å². The van der Waals surface area contributed by atoms with Gasteiger partial charge in [0.2, 0.25) is 0 Å². The molecule has 1 aliphatic heterocycles. The number of amides is 1. The van der Waals surface area contributed by atoms with E-state index in [4.69, 9.17) is 5.73 Å². The van der Waals surface area contributed by atoms with Crippen molar-refractivity contribution in [2.24, 2.45) is 11.7 Å². The molecule has 0 aliphatic carbocycles. The fourth-order valence-corrected chi connectivity index (χ4v) is 3.18. The number of carbonyl (C=O) groups is 1. The standard InChI is InChI=1S/C16H20N4O/c1-11-4-3-9-20(14(11)10-17)16(21)12-5-2-6-13-15(12)19-8-7-18-13/h2,5-8,11,14H,3-4,9-10,17H2,1H3. The summed E-state index contributed by atoms with van der Waals surface area (Å²) in [5, 5.41) is 0. The van der Waals surface area contributed by atoms with Crippen molar-refractivity contribution in [3.8, 4) is 0 Å². The molecule has 1 fully saturated rings. The van der Waals surface area contributed by atoms with Gasteiger partial charge in [0.15, 0.2) is 0 Å². The van der Waals surface area contributed by atoms with Gasteiger partial charge in [-0.3, -0.25) is 14.8 Å². The zero-order valence-corrected chi connectivity index (χ0v) is 12.2. The number of aromatic nitrogens is 2. The third kappa shape index (κ3) is 2.49. The van der Waals surface area contributed by atoms with E-state index < -0.39 is 0 Å². The second-order valence-electron chi connectivity index (χ2n) is 5.65. The number of nitrogens with zero attached hydrogens (tertiary/aromatic N) is 3. The number of rotatable bonds is 2. The van der Waals surface area contributed by atoms with Crippen LogP contribution < -0.4 is 5.73 Å². The molecule has 1 saturated heterocycles. The molecule has 0 bridgehead atoms. The third-order valence-electron chi connectivity index (χ3n) is 4.35. The number of hydrogen-bond acceptors (Lipinski definition) is 4. The maximum atomic E-state index is 12.9. The van der Waals surface area contributed by atoms with Crippen LogP contribution in [-0.4, -0.2) is 39.9 Å². The van der Waals surface area contributed by atoms with Crippen molar-refractivity contribution in [3.63, 3.8) is 0 Å². The molecular formula is C16H20N4O. The van der Waals surface area contributed by atoms with E-state index in [1.807, 2.05) is 23.1 Å². The highest BCUT2D eigenvalue weighted by Crippen LogP contribution is 2.25. The van der Waals surface area contributed by atoms with E-state index in [0.29, 0.717) is 23.5 Å². The first kappa shape index (κ1) is 13.9. The van der Waals surface area contributed by atoms with Crippen molar-refractivity contribution in [1.82, 2.24) is 14.9 Å². The van der Waals surface area contributed by atoms with Gasteiger partial charge >= 0.3 is 0 Å². The molecule has 2 aromatic rings. The molecule has 2 unspecified atom stereocenters. The zero-order valence-electron chi connectivity index (χ0n) is 12.2. The van der Waals surface area contributed by atoms with Crippen molar-refractivity contribution in [1.29, 1.82) is 0 Å². The molecule has 5 heteroatoms. The number of hydrogen-bond donors (Lipinski definition) is 1. The van der Waals surface area contributed by atoms with Crippen LogP contribution in [-0.2, 0) is 0 Å². The summed E-state index contributed by atoms with van der Waals surface area (Å²) in [7, 11) is 0. The van der Waals surface area contributed by atoms with E-state index >= 15 is 0 Å². The van der Waals surface area contributed by atoms with E-state index in [1.165, 1.54) is 0 Å². The maximum absolute atomic E-state index is 12.9. The number of nitrogens with two attached hydrogens (primary N) is 1. The van der Waals surface area contributed by atoms with Gasteiger partial charge < -0.3 is 10.6 Å². The minimum absolute atomic E-state index is 0.0168. The van der Waals surface area contributed by atoms with Gasteiger partial charge in [-0.1, -0.05) is 13.0 Å². The Bertz CT molecular complexity index is 652. The van der Waals surface area contributed by atoms with Crippen LogP contribution in [0.4, 0.5) is 0 Å². The summed E-state index contributed by atoms with van der Waals surface area (Å²) in [5.74, 6) is 0.455. The highest BCUT2D eigenvalue weighted by atomic mass is 16.2. The molecule has 2 N–H and O–H groups in total. The number of piperidine rings is 1. The number of para-hydroxylation sites is 1. The summed E-state index contributed by atoms with van der Waals surface area (Å²) in [6, 6.07) is 5.66. The van der Waals surface area contributed by atoms with Crippen molar-refractivity contribution in [2.45, 2.75) is 25.8 Å². The SMILES string of the molecule is CC1CCCN(C(=O)c2cccc3nccnc23)C1CN. The zero-order chi connectivity index (χ0) is 14.8. The van der Waals surface area contributed by atoms with Crippen LogP contribution in [0.25, 0.3) is 11.0 Å². The van der Waals surface area contributed by atoms with Gasteiger partial charge in [-0.05, 0) is 30.9 Å².